The number of rotatable bonds is 3. The number of halogens is 2. The Balaban J connectivity index is 2.00. The first kappa shape index (κ1) is 19.5. The fourth-order valence-corrected chi connectivity index (χ4v) is 3.42. The number of carbonyl (C=O) groups is 2. The van der Waals surface area contributed by atoms with Gasteiger partial charge in [-0.1, -0.05) is 0 Å². The van der Waals surface area contributed by atoms with Gasteiger partial charge in [-0.05, 0) is 73.1 Å². The molecule has 27 heavy (non-hydrogen) atoms. The molecule has 0 fully saturated rings. The summed E-state index contributed by atoms with van der Waals surface area (Å²) in [6, 6.07) is 8.04. The van der Waals surface area contributed by atoms with E-state index in [-0.39, 0.29) is 15.8 Å². The molecular weight excluding hydrogens is 417 g/mol. The minimum atomic E-state index is -1.06. The topological polar surface area (TPSA) is 75.6 Å². The number of carbonyl (C=O) groups excluding carboxylic acids is 2. The molecule has 3 rings (SSSR count). The summed E-state index contributed by atoms with van der Waals surface area (Å²) in [5.41, 5.74) is 0.257. The van der Waals surface area contributed by atoms with Crippen LogP contribution in [0.5, 0.6) is 5.75 Å². The van der Waals surface area contributed by atoms with Gasteiger partial charge in [-0.15, -0.1) is 0 Å². The second kappa shape index (κ2) is 7.05. The largest absolute Gasteiger partial charge is 0.485 e. The Hall–Kier alpha value is -2.25. The van der Waals surface area contributed by atoms with E-state index in [2.05, 4.69) is 21.2 Å². The van der Waals surface area contributed by atoms with Gasteiger partial charge in [-0.25, -0.2) is 4.39 Å². The Morgan fingerprint density at radius 2 is 1.85 bits per heavy atom. The van der Waals surface area contributed by atoms with Crippen LogP contribution in [0.4, 0.5) is 4.39 Å². The average Bonchev–Trinajstić information content (AvgIpc) is 2.60. The van der Waals surface area contributed by atoms with Crippen LogP contribution in [0.15, 0.2) is 40.9 Å². The molecule has 0 aliphatic carbocycles. The average molecular weight is 436 g/mol. The third kappa shape index (κ3) is 3.75. The van der Waals surface area contributed by atoms with E-state index >= 15 is 0 Å². The van der Waals surface area contributed by atoms with Crippen molar-refractivity contribution in [1.29, 1.82) is 0 Å². The molecule has 0 aromatic heterocycles. The highest BCUT2D eigenvalue weighted by molar-refractivity contribution is 9.10. The SMILES string of the molecule is CC(=O)c1ccc2c(c1)[C@H](NC(=O)c1ccc(F)c(Br)c1)[C@@H](O)C(C)(C)O2. The molecule has 1 aliphatic rings. The van der Waals surface area contributed by atoms with Crippen molar-refractivity contribution in [2.24, 2.45) is 0 Å². The van der Waals surface area contributed by atoms with E-state index in [0.717, 1.165) is 0 Å². The van der Waals surface area contributed by atoms with Crippen molar-refractivity contribution < 1.29 is 23.8 Å². The monoisotopic (exact) mass is 435 g/mol. The van der Waals surface area contributed by atoms with Crippen molar-refractivity contribution in [3.05, 3.63) is 63.4 Å². The van der Waals surface area contributed by atoms with Crippen molar-refractivity contribution in [3.8, 4) is 5.75 Å². The lowest BCUT2D eigenvalue weighted by molar-refractivity contribution is -0.0627. The summed E-state index contributed by atoms with van der Waals surface area (Å²) >= 11 is 3.06. The standard InChI is InChI=1S/C20H19BrFNO4/c1-10(24)11-5-7-16-13(8-11)17(18(25)20(2,3)27-16)23-19(26)12-4-6-15(22)14(21)9-12/h4-9,17-18,25H,1-3H3,(H,23,26)/t17-,18+/m0/s1. The maximum absolute atomic E-state index is 13.4. The molecule has 0 bridgehead atoms. The van der Waals surface area contributed by atoms with E-state index in [1.165, 1.54) is 25.1 Å². The van der Waals surface area contributed by atoms with Crippen LogP contribution in [0, 0.1) is 5.82 Å². The third-order valence-electron chi connectivity index (χ3n) is 4.62. The van der Waals surface area contributed by atoms with Crippen LogP contribution >= 0.6 is 15.9 Å². The molecule has 1 heterocycles. The summed E-state index contributed by atoms with van der Waals surface area (Å²) in [7, 11) is 0. The van der Waals surface area contributed by atoms with Gasteiger partial charge in [0.15, 0.2) is 5.78 Å². The number of benzene rings is 2. The second-order valence-electron chi connectivity index (χ2n) is 7.04. The number of hydrogen-bond donors (Lipinski definition) is 2. The fraction of sp³-hybridized carbons (Fsp3) is 0.300. The van der Waals surface area contributed by atoms with Crippen LogP contribution < -0.4 is 10.1 Å². The number of ketones is 1. The highest BCUT2D eigenvalue weighted by Gasteiger charge is 2.43. The van der Waals surface area contributed by atoms with Gasteiger partial charge in [0.2, 0.25) is 0 Å². The maximum atomic E-state index is 13.4. The first-order valence-electron chi connectivity index (χ1n) is 8.38. The van der Waals surface area contributed by atoms with E-state index < -0.39 is 29.5 Å². The maximum Gasteiger partial charge on any atom is 0.251 e. The van der Waals surface area contributed by atoms with E-state index in [9.17, 15) is 19.1 Å². The van der Waals surface area contributed by atoms with Crippen LogP contribution in [0.1, 0.15) is 53.1 Å². The number of aliphatic hydroxyl groups excluding tert-OH is 1. The minimum absolute atomic E-state index is 0.135. The van der Waals surface area contributed by atoms with Gasteiger partial charge in [-0.3, -0.25) is 9.59 Å². The molecule has 1 amide bonds. The Morgan fingerprint density at radius 1 is 1.19 bits per heavy atom. The van der Waals surface area contributed by atoms with Crippen LogP contribution in [-0.4, -0.2) is 28.5 Å². The summed E-state index contributed by atoms with van der Waals surface area (Å²) in [5, 5.41) is 13.6. The van der Waals surface area contributed by atoms with Crippen molar-refractivity contribution in [3.63, 3.8) is 0 Å². The molecule has 2 aromatic carbocycles. The van der Waals surface area contributed by atoms with E-state index in [1.807, 2.05) is 0 Å². The summed E-state index contributed by atoms with van der Waals surface area (Å²) in [4.78, 5) is 24.4. The molecule has 0 saturated heterocycles. The highest BCUT2D eigenvalue weighted by Crippen LogP contribution is 2.40. The van der Waals surface area contributed by atoms with Crippen molar-refractivity contribution in [2.75, 3.05) is 0 Å². The van der Waals surface area contributed by atoms with E-state index in [4.69, 9.17) is 4.74 Å². The molecule has 0 saturated carbocycles. The van der Waals surface area contributed by atoms with Crippen LogP contribution in [0.2, 0.25) is 0 Å². The lowest BCUT2D eigenvalue weighted by atomic mass is 9.85. The van der Waals surface area contributed by atoms with Crippen molar-refractivity contribution in [1.82, 2.24) is 5.32 Å². The molecule has 0 spiro atoms. The van der Waals surface area contributed by atoms with Crippen molar-refractivity contribution in [2.45, 2.75) is 38.5 Å². The highest BCUT2D eigenvalue weighted by atomic mass is 79.9. The predicted octanol–water partition coefficient (Wildman–Crippen LogP) is 3.79. The number of ether oxygens (including phenoxy) is 1. The van der Waals surface area contributed by atoms with Gasteiger partial charge < -0.3 is 15.2 Å². The number of amides is 1. The van der Waals surface area contributed by atoms with E-state index in [1.54, 1.807) is 32.0 Å². The summed E-state index contributed by atoms with van der Waals surface area (Å²) in [6.07, 6.45) is -1.06. The normalized spacial score (nSPS) is 20.4. The Labute approximate surface area is 164 Å². The molecule has 1 aliphatic heterocycles. The van der Waals surface area contributed by atoms with Gasteiger partial charge in [0.1, 0.15) is 23.3 Å². The molecule has 2 N–H and O–H groups in total. The molecule has 0 unspecified atom stereocenters. The lowest BCUT2D eigenvalue weighted by Gasteiger charge is -2.42. The first-order valence-corrected chi connectivity index (χ1v) is 9.17. The van der Waals surface area contributed by atoms with Crippen molar-refractivity contribution >= 4 is 27.6 Å². The second-order valence-corrected chi connectivity index (χ2v) is 7.89. The first-order chi connectivity index (χ1) is 12.6. The number of hydrogen-bond acceptors (Lipinski definition) is 4. The van der Waals surface area contributed by atoms with Crippen LogP contribution in [-0.2, 0) is 0 Å². The molecular formula is C20H19BrFNO4. The fourth-order valence-electron chi connectivity index (χ4n) is 3.04. The van der Waals surface area contributed by atoms with Gasteiger partial charge in [0.25, 0.3) is 5.91 Å². The van der Waals surface area contributed by atoms with Gasteiger partial charge in [0.05, 0.1) is 10.5 Å². The Bertz CT molecular complexity index is 928. The van der Waals surface area contributed by atoms with Crippen LogP contribution in [0.3, 0.4) is 0 Å². The zero-order valence-corrected chi connectivity index (χ0v) is 16.6. The third-order valence-corrected chi connectivity index (χ3v) is 5.23. The number of Topliss-reactive ketones (excluding diaryl/α,β-unsaturated/α-hetero) is 1. The number of fused-ring (bicyclic) bond motifs is 1. The smallest absolute Gasteiger partial charge is 0.251 e. The summed E-state index contributed by atoms with van der Waals surface area (Å²) in [6.45, 7) is 4.87. The van der Waals surface area contributed by atoms with Crippen LogP contribution in [0.25, 0.3) is 0 Å². The molecule has 2 aromatic rings. The molecule has 5 nitrogen and oxygen atoms in total. The zero-order valence-electron chi connectivity index (χ0n) is 15.0. The summed E-state index contributed by atoms with van der Waals surface area (Å²) < 4.78 is 19.5. The minimum Gasteiger partial charge on any atom is -0.485 e. The van der Waals surface area contributed by atoms with Gasteiger partial charge in [-0.2, -0.15) is 0 Å². The zero-order chi connectivity index (χ0) is 19.9. The molecule has 2 atom stereocenters. The number of aliphatic hydroxyl groups is 1. The summed E-state index contributed by atoms with van der Waals surface area (Å²) in [5.74, 6) is -0.600. The molecule has 142 valence electrons. The molecule has 0 radical (unpaired) electrons. The lowest BCUT2D eigenvalue weighted by Crippen LogP contribution is -2.53. The molecule has 7 heteroatoms. The van der Waals surface area contributed by atoms with E-state index in [0.29, 0.717) is 16.9 Å². The predicted molar refractivity (Wildman–Crippen MR) is 101 cm³/mol. The van der Waals surface area contributed by atoms with Gasteiger partial charge >= 0.3 is 0 Å². The van der Waals surface area contributed by atoms with Gasteiger partial charge in [0, 0.05) is 16.7 Å². The Kier molecular flexibility index (Phi) is 5.10. The number of nitrogens with one attached hydrogen (secondary N) is 1. The quantitative estimate of drug-likeness (QED) is 0.718. The Morgan fingerprint density at radius 3 is 2.48 bits per heavy atom.